The first-order valence-electron chi connectivity index (χ1n) is 10.9. The predicted octanol–water partition coefficient (Wildman–Crippen LogP) is 5.30. The molecule has 2 aliphatic heterocycles. The lowest BCUT2D eigenvalue weighted by molar-refractivity contribution is 0.0797. The maximum Gasteiger partial charge on any atom is 0.264 e. The zero-order valence-corrected chi connectivity index (χ0v) is 17.6. The fourth-order valence-electron chi connectivity index (χ4n) is 4.86. The highest BCUT2D eigenvalue weighted by Crippen LogP contribution is 2.36. The third-order valence-corrected chi connectivity index (χ3v) is 8.04. The highest BCUT2D eigenvalue weighted by Gasteiger charge is 2.32. The van der Waals surface area contributed by atoms with Gasteiger partial charge in [-0.3, -0.25) is 4.79 Å². The lowest BCUT2D eigenvalue weighted by Crippen LogP contribution is -2.34. The van der Waals surface area contributed by atoms with Crippen LogP contribution in [0.2, 0.25) is 0 Å². The van der Waals surface area contributed by atoms with Gasteiger partial charge in [-0.05, 0) is 87.2 Å². The summed E-state index contributed by atoms with van der Waals surface area (Å²) < 4.78 is 0. The molecule has 0 spiro atoms. The average molecular weight is 395 g/mol. The molecule has 1 amide bonds. The number of carbonyl (C=O) groups excluding carboxylic acids is 1. The average Bonchev–Trinajstić information content (AvgIpc) is 3.29. The van der Waals surface area contributed by atoms with Gasteiger partial charge in [-0.2, -0.15) is 0 Å². The van der Waals surface area contributed by atoms with E-state index in [1.54, 1.807) is 11.3 Å². The standard InChI is InChI=1S/C24H30N2OS/c1-17-16-22(28-23(17)24(27)26-12-2-3-13-26)20-6-4-18(5-7-20)19-10-14-25(15-11-19)21-8-9-21/h4-7,16,19,21H,2-3,8-15H2,1H3. The van der Waals surface area contributed by atoms with Crippen LogP contribution < -0.4 is 0 Å². The molecule has 1 aromatic carbocycles. The number of piperidine rings is 1. The first-order chi connectivity index (χ1) is 13.7. The number of benzene rings is 1. The third kappa shape index (κ3) is 3.65. The fourth-order valence-corrected chi connectivity index (χ4v) is 6.00. The smallest absolute Gasteiger partial charge is 0.264 e. The van der Waals surface area contributed by atoms with Crippen molar-refractivity contribution < 1.29 is 4.79 Å². The number of hydrogen-bond acceptors (Lipinski definition) is 3. The zero-order valence-electron chi connectivity index (χ0n) is 16.8. The van der Waals surface area contributed by atoms with E-state index in [0.29, 0.717) is 5.92 Å². The summed E-state index contributed by atoms with van der Waals surface area (Å²) in [6, 6.07) is 12.3. The van der Waals surface area contributed by atoms with Crippen LogP contribution in [0.15, 0.2) is 30.3 Å². The van der Waals surface area contributed by atoms with Crippen LogP contribution in [-0.2, 0) is 0 Å². The number of thiophene rings is 1. The number of rotatable bonds is 4. The lowest BCUT2D eigenvalue weighted by atomic mass is 9.89. The summed E-state index contributed by atoms with van der Waals surface area (Å²) in [4.78, 5) is 19.6. The van der Waals surface area contributed by atoms with Gasteiger partial charge in [-0.1, -0.05) is 24.3 Å². The molecule has 2 aromatic rings. The molecule has 3 fully saturated rings. The Morgan fingerprint density at radius 1 is 0.964 bits per heavy atom. The van der Waals surface area contributed by atoms with E-state index in [2.05, 4.69) is 42.2 Å². The Kier molecular flexibility index (Phi) is 5.02. The molecule has 0 atom stereocenters. The summed E-state index contributed by atoms with van der Waals surface area (Å²) >= 11 is 1.66. The summed E-state index contributed by atoms with van der Waals surface area (Å²) in [6.07, 6.45) is 7.71. The molecule has 1 aliphatic carbocycles. The van der Waals surface area contributed by atoms with E-state index in [1.807, 2.05) is 4.90 Å². The Balaban J connectivity index is 1.28. The van der Waals surface area contributed by atoms with Crippen LogP contribution in [0.3, 0.4) is 0 Å². The van der Waals surface area contributed by atoms with Gasteiger partial charge in [-0.25, -0.2) is 0 Å². The van der Waals surface area contributed by atoms with E-state index in [9.17, 15) is 4.79 Å². The van der Waals surface area contributed by atoms with Gasteiger partial charge in [-0.15, -0.1) is 11.3 Å². The molecule has 1 aromatic heterocycles. The van der Waals surface area contributed by atoms with Gasteiger partial charge >= 0.3 is 0 Å². The normalized spacial score (nSPS) is 21.4. The molecular weight excluding hydrogens is 364 g/mol. The summed E-state index contributed by atoms with van der Waals surface area (Å²) in [5, 5.41) is 0. The molecule has 3 heterocycles. The minimum Gasteiger partial charge on any atom is -0.338 e. The van der Waals surface area contributed by atoms with Crippen molar-refractivity contribution in [3.8, 4) is 10.4 Å². The SMILES string of the molecule is Cc1cc(-c2ccc(C3CCN(C4CC4)CC3)cc2)sc1C(=O)N1CCCC1. The Morgan fingerprint density at radius 2 is 1.64 bits per heavy atom. The van der Waals surface area contributed by atoms with Crippen molar-refractivity contribution in [2.24, 2.45) is 0 Å². The van der Waals surface area contributed by atoms with Crippen molar-refractivity contribution in [3.05, 3.63) is 46.3 Å². The van der Waals surface area contributed by atoms with Crippen molar-refractivity contribution in [1.29, 1.82) is 0 Å². The van der Waals surface area contributed by atoms with Gasteiger partial charge in [0.2, 0.25) is 0 Å². The van der Waals surface area contributed by atoms with Gasteiger partial charge in [0.1, 0.15) is 0 Å². The molecule has 4 heteroatoms. The fraction of sp³-hybridized carbons (Fsp3) is 0.542. The highest BCUT2D eigenvalue weighted by atomic mass is 32.1. The van der Waals surface area contributed by atoms with E-state index in [0.717, 1.165) is 42.4 Å². The number of aryl methyl sites for hydroxylation is 1. The number of likely N-dealkylation sites (tertiary alicyclic amines) is 2. The largest absolute Gasteiger partial charge is 0.338 e. The van der Waals surface area contributed by atoms with Crippen molar-refractivity contribution in [2.75, 3.05) is 26.2 Å². The third-order valence-electron chi connectivity index (χ3n) is 6.76. The van der Waals surface area contributed by atoms with Gasteiger partial charge in [0.15, 0.2) is 0 Å². The Morgan fingerprint density at radius 3 is 2.29 bits per heavy atom. The second-order valence-corrected chi connectivity index (χ2v) is 9.84. The second-order valence-electron chi connectivity index (χ2n) is 8.79. The number of nitrogens with zero attached hydrogens (tertiary/aromatic N) is 2. The van der Waals surface area contributed by atoms with Gasteiger partial charge in [0, 0.05) is 24.0 Å². The quantitative estimate of drug-likeness (QED) is 0.702. The molecule has 28 heavy (non-hydrogen) atoms. The first kappa shape index (κ1) is 18.4. The lowest BCUT2D eigenvalue weighted by Gasteiger charge is -2.32. The van der Waals surface area contributed by atoms with Crippen LogP contribution in [0.1, 0.15) is 65.2 Å². The van der Waals surface area contributed by atoms with Gasteiger partial charge < -0.3 is 9.80 Å². The molecule has 3 aliphatic rings. The molecule has 3 nitrogen and oxygen atoms in total. The maximum absolute atomic E-state index is 12.8. The minimum atomic E-state index is 0.227. The molecule has 5 rings (SSSR count). The van der Waals surface area contributed by atoms with Crippen LogP contribution >= 0.6 is 11.3 Å². The molecule has 148 valence electrons. The van der Waals surface area contributed by atoms with E-state index < -0.39 is 0 Å². The summed E-state index contributed by atoms with van der Waals surface area (Å²) in [5.74, 6) is 0.937. The van der Waals surface area contributed by atoms with Crippen molar-refractivity contribution in [3.63, 3.8) is 0 Å². The van der Waals surface area contributed by atoms with Crippen molar-refractivity contribution in [2.45, 2.75) is 57.4 Å². The van der Waals surface area contributed by atoms with E-state index >= 15 is 0 Å². The summed E-state index contributed by atoms with van der Waals surface area (Å²) in [7, 11) is 0. The van der Waals surface area contributed by atoms with Gasteiger partial charge in [0.25, 0.3) is 5.91 Å². The van der Waals surface area contributed by atoms with E-state index in [-0.39, 0.29) is 5.91 Å². The Bertz CT molecular complexity index is 838. The van der Waals surface area contributed by atoms with Gasteiger partial charge in [0.05, 0.1) is 4.88 Å². The van der Waals surface area contributed by atoms with Crippen molar-refractivity contribution in [1.82, 2.24) is 9.80 Å². The van der Waals surface area contributed by atoms with Crippen LogP contribution in [0, 0.1) is 6.92 Å². The summed E-state index contributed by atoms with van der Waals surface area (Å²) in [5.41, 5.74) is 3.85. The Labute approximate surface area is 172 Å². The van der Waals surface area contributed by atoms with E-state index in [1.165, 1.54) is 54.8 Å². The molecule has 1 saturated carbocycles. The molecular formula is C24H30N2OS. The maximum atomic E-state index is 12.8. The van der Waals surface area contributed by atoms with Crippen LogP contribution in [0.4, 0.5) is 0 Å². The topological polar surface area (TPSA) is 23.6 Å². The number of carbonyl (C=O) groups is 1. The molecule has 2 saturated heterocycles. The van der Waals surface area contributed by atoms with Crippen molar-refractivity contribution >= 4 is 17.2 Å². The van der Waals surface area contributed by atoms with Crippen LogP contribution in [0.5, 0.6) is 0 Å². The zero-order chi connectivity index (χ0) is 19.1. The molecule has 0 N–H and O–H groups in total. The van der Waals surface area contributed by atoms with Crippen LogP contribution in [0.25, 0.3) is 10.4 Å². The van der Waals surface area contributed by atoms with E-state index in [4.69, 9.17) is 0 Å². The minimum absolute atomic E-state index is 0.227. The molecule has 0 radical (unpaired) electrons. The molecule has 0 unspecified atom stereocenters. The highest BCUT2D eigenvalue weighted by molar-refractivity contribution is 7.17. The van der Waals surface area contributed by atoms with Crippen LogP contribution in [-0.4, -0.2) is 47.9 Å². The predicted molar refractivity (Wildman–Crippen MR) is 116 cm³/mol. The first-order valence-corrected chi connectivity index (χ1v) is 11.7. The monoisotopic (exact) mass is 394 g/mol. The number of amides is 1. The number of hydrogen-bond donors (Lipinski definition) is 0. The molecule has 0 bridgehead atoms. The Hall–Kier alpha value is -1.65. The summed E-state index contributed by atoms with van der Waals surface area (Å²) in [6.45, 7) is 6.44. The second kappa shape index (κ2) is 7.64.